The van der Waals surface area contributed by atoms with Gasteiger partial charge < -0.3 is 10.1 Å². The number of aromatic nitrogens is 2. The third-order valence-corrected chi connectivity index (χ3v) is 4.59. The predicted octanol–water partition coefficient (Wildman–Crippen LogP) is 2.08. The molecule has 15 heteroatoms. The van der Waals surface area contributed by atoms with Crippen molar-refractivity contribution in [3.63, 3.8) is 0 Å². The summed E-state index contributed by atoms with van der Waals surface area (Å²) in [5.74, 6) is -1.13. The number of nitrogens with one attached hydrogen (secondary N) is 3. The van der Waals surface area contributed by atoms with Crippen molar-refractivity contribution >= 4 is 16.0 Å². The van der Waals surface area contributed by atoms with Gasteiger partial charge in [0.15, 0.2) is 5.69 Å². The maximum Gasteiger partial charge on any atom is 0.573 e. The molecule has 0 saturated carbocycles. The zero-order chi connectivity index (χ0) is 21.9. The third kappa shape index (κ3) is 6.94. The van der Waals surface area contributed by atoms with Crippen LogP contribution in [0.1, 0.15) is 5.69 Å². The second-order valence-electron chi connectivity index (χ2n) is 5.32. The Labute approximate surface area is 159 Å². The number of hydrogen-bond acceptors (Lipinski definition) is 6. The SMILES string of the molecule is O=c1cc(C(F)(F)F)nc(NCCNS(=O)(=O)c2ccc(OC(F)(F)F)cc2)[nH]1. The molecule has 0 aliphatic rings. The van der Waals surface area contributed by atoms with Crippen LogP contribution in [0.2, 0.25) is 0 Å². The summed E-state index contributed by atoms with van der Waals surface area (Å²) in [5.41, 5.74) is -2.48. The van der Waals surface area contributed by atoms with E-state index in [1.54, 1.807) is 0 Å². The Morgan fingerprint density at radius 2 is 1.66 bits per heavy atom. The second kappa shape index (κ2) is 8.28. The van der Waals surface area contributed by atoms with Crippen LogP contribution in [0.25, 0.3) is 0 Å². The van der Waals surface area contributed by atoms with Crippen LogP contribution < -0.4 is 20.3 Å². The van der Waals surface area contributed by atoms with Gasteiger partial charge in [0.1, 0.15) is 5.75 Å². The number of nitrogens with zero attached hydrogens (tertiary/aromatic N) is 1. The molecule has 2 rings (SSSR count). The zero-order valence-electron chi connectivity index (χ0n) is 14.1. The number of hydrogen-bond donors (Lipinski definition) is 3. The van der Waals surface area contributed by atoms with Crippen molar-refractivity contribution in [2.45, 2.75) is 17.4 Å². The Bertz CT molecular complexity index is 1000. The summed E-state index contributed by atoms with van der Waals surface area (Å²) in [6, 6.07) is 3.63. The lowest BCUT2D eigenvalue weighted by Gasteiger charge is -2.11. The molecular formula is C14H12F6N4O4S. The lowest BCUT2D eigenvalue weighted by atomic mass is 10.3. The second-order valence-corrected chi connectivity index (χ2v) is 7.09. The van der Waals surface area contributed by atoms with Gasteiger partial charge in [0.25, 0.3) is 5.56 Å². The maximum absolute atomic E-state index is 12.6. The highest BCUT2D eigenvalue weighted by Crippen LogP contribution is 2.27. The molecular weight excluding hydrogens is 434 g/mol. The topological polar surface area (TPSA) is 113 Å². The summed E-state index contributed by atoms with van der Waals surface area (Å²) in [7, 11) is -4.11. The van der Waals surface area contributed by atoms with E-state index < -0.39 is 45.5 Å². The van der Waals surface area contributed by atoms with E-state index in [2.05, 4.69) is 19.8 Å². The number of sulfonamides is 1. The quantitative estimate of drug-likeness (QED) is 0.444. The average Bonchev–Trinajstić information content (AvgIpc) is 2.56. The summed E-state index contributed by atoms with van der Waals surface area (Å²) >= 11 is 0. The summed E-state index contributed by atoms with van der Waals surface area (Å²) in [6.07, 6.45) is -9.77. The molecule has 0 spiro atoms. The fourth-order valence-corrected chi connectivity index (χ4v) is 2.99. The van der Waals surface area contributed by atoms with Gasteiger partial charge in [-0.05, 0) is 24.3 Å². The van der Waals surface area contributed by atoms with Crippen molar-refractivity contribution < 1.29 is 39.5 Å². The van der Waals surface area contributed by atoms with Crippen molar-refractivity contribution in [3.05, 3.63) is 46.4 Å². The number of rotatable bonds is 7. The Morgan fingerprint density at radius 3 is 2.21 bits per heavy atom. The Hall–Kier alpha value is -2.81. The van der Waals surface area contributed by atoms with E-state index in [-0.39, 0.29) is 24.1 Å². The van der Waals surface area contributed by atoms with Crippen LogP contribution in [-0.4, -0.2) is 37.8 Å². The Balaban J connectivity index is 1.95. The summed E-state index contributed by atoms with van der Waals surface area (Å²) in [4.78, 5) is 16.0. The molecule has 0 aliphatic heterocycles. The fraction of sp³-hybridized carbons (Fsp3) is 0.286. The number of halogens is 6. The van der Waals surface area contributed by atoms with Crippen LogP contribution in [0.15, 0.2) is 40.0 Å². The van der Waals surface area contributed by atoms with Gasteiger partial charge in [0.2, 0.25) is 16.0 Å². The summed E-state index contributed by atoms with van der Waals surface area (Å²) < 4.78 is 104. The number of benzene rings is 1. The molecule has 0 fully saturated rings. The van der Waals surface area contributed by atoms with Crippen LogP contribution in [0.3, 0.4) is 0 Å². The molecule has 0 aliphatic carbocycles. The van der Waals surface area contributed by atoms with Crippen LogP contribution in [-0.2, 0) is 16.2 Å². The van der Waals surface area contributed by atoms with Gasteiger partial charge in [-0.25, -0.2) is 18.1 Å². The first-order valence-electron chi connectivity index (χ1n) is 7.54. The Morgan fingerprint density at radius 1 is 1.03 bits per heavy atom. The summed E-state index contributed by atoms with van der Waals surface area (Å²) in [6.45, 7) is -0.582. The van der Waals surface area contributed by atoms with Crippen molar-refractivity contribution in [3.8, 4) is 5.75 Å². The van der Waals surface area contributed by atoms with Crippen LogP contribution in [0.4, 0.5) is 32.3 Å². The maximum atomic E-state index is 12.6. The highest BCUT2D eigenvalue weighted by molar-refractivity contribution is 7.89. The molecule has 0 atom stereocenters. The lowest BCUT2D eigenvalue weighted by molar-refractivity contribution is -0.274. The van der Waals surface area contributed by atoms with E-state index in [1.807, 2.05) is 4.98 Å². The van der Waals surface area contributed by atoms with Gasteiger partial charge in [-0.1, -0.05) is 0 Å². The minimum Gasteiger partial charge on any atom is -0.406 e. The number of ether oxygens (including phenoxy) is 1. The van der Waals surface area contributed by atoms with E-state index in [4.69, 9.17) is 0 Å². The first kappa shape index (κ1) is 22.5. The van der Waals surface area contributed by atoms with Gasteiger partial charge >= 0.3 is 12.5 Å². The number of anilines is 1. The van der Waals surface area contributed by atoms with Gasteiger partial charge in [0, 0.05) is 19.2 Å². The van der Waals surface area contributed by atoms with Crippen LogP contribution in [0.5, 0.6) is 5.75 Å². The van der Waals surface area contributed by atoms with E-state index in [1.165, 1.54) is 0 Å². The van der Waals surface area contributed by atoms with Crippen molar-refractivity contribution in [1.82, 2.24) is 14.7 Å². The fourth-order valence-electron chi connectivity index (χ4n) is 1.96. The molecule has 0 amide bonds. The highest BCUT2D eigenvalue weighted by atomic mass is 32.2. The van der Waals surface area contributed by atoms with Crippen molar-refractivity contribution in [2.24, 2.45) is 0 Å². The predicted molar refractivity (Wildman–Crippen MR) is 86.7 cm³/mol. The van der Waals surface area contributed by atoms with E-state index >= 15 is 0 Å². The molecule has 8 nitrogen and oxygen atoms in total. The molecule has 2 aromatic rings. The van der Waals surface area contributed by atoms with Crippen LogP contribution in [0, 0.1) is 0 Å². The zero-order valence-corrected chi connectivity index (χ0v) is 14.9. The molecule has 160 valence electrons. The minimum absolute atomic E-state index is 0.251. The number of H-pyrrole nitrogens is 1. The van der Waals surface area contributed by atoms with Crippen molar-refractivity contribution in [1.29, 1.82) is 0 Å². The molecule has 0 unspecified atom stereocenters. The van der Waals surface area contributed by atoms with Gasteiger partial charge in [-0.3, -0.25) is 9.78 Å². The van der Waals surface area contributed by atoms with Gasteiger partial charge in [-0.15, -0.1) is 13.2 Å². The van der Waals surface area contributed by atoms with E-state index in [0.29, 0.717) is 0 Å². The normalized spacial score (nSPS) is 12.6. The monoisotopic (exact) mass is 446 g/mol. The van der Waals surface area contributed by atoms with E-state index in [9.17, 15) is 39.6 Å². The van der Waals surface area contributed by atoms with Crippen molar-refractivity contribution in [2.75, 3.05) is 18.4 Å². The first-order valence-corrected chi connectivity index (χ1v) is 9.02. The lowest BCUT2D eigenvalue weighted by Crippen LogP contribution is -2.30. The Kier molecular flexibility index (Phi) is 6.42. The average molecular weight is 446 g/mol. The molecule has 1 aromatic carbocycles. The molecule has 29 heavy (non-hydrogen) atoms. The van der Waals surface area contributed by atoms with Crippen LogP contribution >= 0.6 is 0 Å². The molecule has 0 bridgehead atoms. The molecule has 1 aromatic heterocycles. The largest absolute Gasteiger partial charge is 0.573 e. The number of aromatic amines is 1. The van der Waals surface area contributed by atoms with Gasteiger partial charge in [0.05, 0.1) is 4.90 Å². The smallest absolute Gasteiger partial charge is 0.406 e. The molecule has 1 heterocycles. The first-order chi connectivity index (χ1) is 13.3. The molecule has 0 saturated heterocycles. The minimum atomic E-state index is -4.93. The molecule has 3 N–H and O–H groups in total. The van der Waals surface area contributed by atoms with E-state index in [0.717, 1.165) is 24.3 Å². The number of alkyl halides is 6. The van der Waals surface area contributed by atoms with Gasteiger partial charge in [-0.2, -0.15) is 13.2 Å². The summed E-state index contributed by atoms with van der Waals surface area (Å²) in [5, 5.41) is 2.32. The third-order valence-electron chi connectivity index (χ3n) is 3.11. The highest BCUT2D eigenvalue weighted by Gasteiger charge is 2.33. The standard InChI is InChI=1S/C14H12F6N4O4S/c15-13(16,17)10-7-11(25)24-12(23-10)21-5-6-22-29(26,27)9-3-1-8(2-4-9)28-14(18,19)20/h1-4,7,22H,5-6H2,(H2,21,23,24,25). The molecule has 0 radical (unpaired) electrons.